The number of aryl methyl sites for hydroxylation is 2. The first-order valence-corrected chi connectivity index (χ1v) is 13.3. The first kappa shape index (κ1) is 23.7. The van der Waals surface area contributed by atoms with Gasteiger partial charge >= 0.3 is 5.97 Å². The summed E-state index contributed by atoms with van der Waals surface area (Å²) in [5, 5.41) is 10.4. The molecule has 2 aromatic carbocycles. The molecule has 4 aromatic rings. The van der Waals surface area contributed by atoms with E-state index in [4.69, 9.17) is 10.1 Å². The summed E-state index contributed by atoms with van der Waals surface area (Å²) in [6.45, 7) is 7.22. The van der Waals surface area contributed by atoms with Crippen molar-refractivity contribution in [3.8, 4) is 11.1 Å². The van der Waals surface area contributed by atoms with Gasteiger partial charge in [-0.05, 0) is 67.3 Å². The van der Waals surface area contributed by atoms with Crippen molar-refractivity contribution in [2.24, 2.45) is 0 Å². The Kier molecular flexibility index (Phi) is 6.98. The summed E-state index contributed by atoms with van der Waals surface area (Å²) in [4.78, 5) is 21.2. The number of aromatic nitrogens is 1. The number of fused-ring (bicyclic) bond motifs is 3. The lowest BCUT2D eigenvalue weighted by Crippen LogP contribution is -2.29. The molecule has 0 saturated carbocycles. The first-order chi connectivity index (χ1) is 17.0. The van der Waals surface area contributed by atoms with Gasteiger partial charge in [-0.25, -0.2) is 4.98 Å². The lowest BCUT2D eigenvalue weighted by Gasteiger charge is -2.27. The highest BCUT2D eigenvalue weighted by Crippen LogP contribution is 2.43. The van der Waals surface area contributed by atoms with E-state index in [1.54, 1.807) is 0 Å². The fourth-order valence-electron chi connectivity index (χ4n) is 5.23. The standard InChI is InChI=1S/C30H32N2O2S/c1-20-12-14-23(15-13-20)28-24(10-6-7-11-27(33)34)21(2)31-30-29(28)25-16-17-32(19-26(25)35-30)18-22-8-4-3-5-9-22/h3-5,8-9,12-15H,6-7,10-11,16-19H2,1-2H3,(H,33,34). The monoisotopic (exact) mass is 484 g/mol. The van der Waals surface area contributed by atoms with E-state index in [0.29, 0.717) is 6.42 Å². The summed E-state index contributed by atoms with van der Waals surface area (Å²) < 4.78 is 0. The molecule has 0 atom stereocenters. The Labute approximate surface area is 211 Å². The number of nitrogens with zero attached hydrogens (tertiary/aromatic N) is 2. The molecule has 0 fully saturated rings. The van der Waals surface area contributed by atoms with Gasteiger partial charge in [-0.2, -0.15) is 0 Å². The van der Waals surface area contributed by atoms with E-state index < -0.39 is 5.97 Å². The Balaban J connectivity index is 1.54. The van der Waals surface area contributed by atoms with Crippen LogP contribution in [-0.4, -0.2) is 27.5 Å². The van der Waals surface area contributed by atoms with E-state index in [2.05, 4.69) is 73.3 Å². The molecule has 0 amide bonds. The van der Waals surface area contributed by atoms with Crippen LogP contribution in [0.25, 0.3) is 21.3 Å². The molecule has 180 valence electrons. The van der Waals surface area contributed by atoms with Gasteiger partial charge in [-0.1, -0.05) is 60.2 Å². The summed E-state index contributed by atoms with van der Waals surface area (Å²) in [7, 11) is 0. The summed E-state index contributed by atoms with van der Waals surface area (Å²) in [5.74, 6) is -0.721. The topological polar surface area (TPSA) is 53.4 Å². The SMILES string of the molecule is Cc1ccc(-c2c(CCCCC(=O)O)c(C)nc3sc4c(c23)CCN(Cc2ccccc2)C4)cc1. The highest BCUT2D eigenvalue weighted by molar-refractivity contribution is 7.19. The Morgan fingerprint density at radius 2 is 1.83 bits per heavy atom. The quantitative estimate of drug-likeness (QED) is 0.275. The molecule has 1 aliphatic rings. The molecule has 4 nitrogen and oxygen atoms in total. The number of aliphatic carboxylic acids is 1. The van der Waals surface area contributed by atoms with Gasteiger partial charge in [0.2, 0.25) is 0 Å². The normalized spacial score (nSPS) is 13.8. The zero-order chi connectivity index (χ0) is 24.4. The third kappa shape index (κ3) is 5.16. The smallest absolute Gasteiger partial charge is 0.303 e. The van der Waals surface area contributed by atoms with Crippen LogP contribution in [0.2, 0.25) is 0 Å². The molecule has 1 N–H and O–H groups in total. The maximum Gasteiger partial charge on any atom is 0.303 e. The number of pyridine rings is 1. The van der Waals surface area contributed by atoms with Crippen LogP contribution in [0.15, 0.2) is 54.6 Å². The van der Waals surface area contributed by atoms with Crippen molar-refractivity contribution in [2.45, 2.75) is 59.0 Å². The molecule has 5 heteroatoms. The van der Waals surface area contributed by atoms with Crippen molar-refractivity contribution in [1.82, 2.24) is 9.88 Å². The maximum atomic E-state index is 11.0. The Morgan fingerprint density at radius 3 is 2.57 bits per heavy atom. The number of hydrogen-bond acceptors (Lipinski definition) is 4. The van der Waals surface area contributed by atoms with E-state index in [9.17, 15) is 4.79 Å². The minimum atomic E-state index is -0.721. The van der Waals surface area contributed by atoms with Gasteiger partial charge in [0.1, 0.15) is 4.83 Å². The highest BCUT2D eigenvalue weighted by Gasteiger charge is 2.26. The zero-order valence-electron chi connectivity index (χ0n) is 20.5. The van der Waals surface area contributed by atoms with Gasteiger partial charge < -0.3 is 5.11 Å². The number of benzene rings is 2. The summed E-state index contributed by atoms with van der Waals surface area (Å²) in [6, 6.07) is 19.6. The molecule has 0 spiro atoms. The maximum absolute atomic E-state index is 11.0. The highest BCUT2D eigenvalue weighted by atomic mass is 32.1. The lowest BCUT2D eigenvalue weighted by atomic mass is 9.89. The molecule has 5 rings (SSSR count). The number of rotatable bonds is 8. The van der Waals surface area contributed by atoms with E-state index in [0.717, 1.165) is 49.4 Å². The summed E-state index contributed by atoms with van der Waals surface area (Å²) in [5.41, 5.74) is 8.98. The van der Waals surface area contributed by atoms with Crippen molar-refractivity contribution in [3.05, 3.63) is 87.4 Å². The van der Waals surface area contributed by atoms with Crippen LogP contribution in [0, 0.1) is 13.8 Å². The molecule has 3 heterocycles. The van der Waals surface area contributed by atoms with Crippen molar-refractivity contribution in [2.75, 3.05) is 6.54 Å². The van der Waals surface area contributed by atoms with Crippen molar-refractivity contribution in [3.63, 3.8) is 0 Å². The molecular formula is C30H32N2O2S. The van der Waals surface area contributed by atoms with Crippen LogP contribution in [0.1, 0.15) is 52.1 Å². The molecule has 0 radical (unpaired) electrons. The van der Waals surface area contributed by atoms with Crippen LogP contribution in [0.4, 0.5) is 0 Å². The average molecular weight is 485 g/mol. The third-order valence-corrected chi connectivity index (χ3v) is 8.14. The molecule has 0 unspecified atom stereocenters. The minimum Gasteiger partial charge on any atom is -0.481 e. The minimum absolute atomic E-state index is 0.222. The largest absolute Gasteiger partial charge is 0.481 e. The van der Waals surface area contributed by atoms with Crippen LogP contribution in [0.3, 0.4) is 0 Å². The summed E-state index contributed by atoms with van der Waals surface area (Å²) in [6.07, 6.45) is 3.66. The predicted molar refractivity (Wildman–Crippen MR) is 144 cm³/mol. The number of unbranched alkanes of at least 4 members (excludes halogenated alkanes) is 1. The number of carboxylic acid groups (broad SMARTS) is 1. The molecule has 1 aliphatic heterocycles. The molecular weight excluding hydrogens is 452 g/mol. The van der Waals surface area contributed by atoms with Gasteiger partial charge in [-0.3, -0.25) is 9.69 Å². The first-order valence-electron chi connectivity index (χ1n) is 12.5. The van der Waals surface area contributed by atoms with Gasteiger partial charge in [0.15, 0.2) is 0 Å². The summed E-state index contributed by atoms with van der Waals surface area (Å²) >= 11 is 1.85. The van der Waals surface area contributed by atoms with Crippen molar-refractivity contribution in [1.29, 1.82) is 0 Å². The van der Waals surface area contributed by atoms with E-state index in [1.807, 2.05) is 11.3 Å². The van der Waals surface area contributed by atoms with Crippen molar-refractivity contribution < 1.29 is 9.90 Å². The lowest BCUT2D eigenvalue weighted by molar-refractivity contribution is -0.137. The number of hydrogen-bond donors (Lipinski definition) is 1. The molecule has 0 saturated heterocycles. The Morgan fingerprint density at radius 1 is 1.06 bits per heavy atom. The predicted octanol–water partition coefficient (Wildman–Crippen LogP) is 6.94. The number of thiophene rings is 1. The Hall–Kier alpha value is -3.02. The second-order valence-corrected chi connectivity index (χ2v) is 10.7. The van der Waals surface area contributed by atoms with Crippen LogP contribution >= 0.6 is 11.3 Å². The van der Waals surface area contributed by atoms with Gasteiger partial charge in [0, 0.05) is 42.0 Å². The fourth-order valence-corrected chi connectivity index (χ4v) is 6.55. The zero-order valence-corrected chi connectivity index (χ0v) is 21.3. The van der Waals surface area contributed by atoms with Crippen molar-refractivity contribution >= 4 is 27.5 Å². The third-order valence-electron chi connectivity index (χ3n) is 7.03. The molecule has 35 heavy (non-hydrogen) atoms. The molecule has 0 bridgehead atoms. The molecule has 0 aliphatic carbocycles. The second-order valence-electron chi connectivity index (χ2n) is 9.65. The second kappa shape index (κ2) is 10.3. The average Bonchev–Trinajstić information content (AvgIpc) is 3.20. The number of carboxylic acids is 1. The van der Waals surface area contributed by atoms with Gasteiger partial charge in [0.05, 0.1) is 0 Å². The van der Waals surface area contributed by atoms with Crippen LogP contribution in [0.5, 0.6) is 0 Å². The van der Waals surface area contributed by atoms with Crippen LogP contribution in [-0.2, 0) is 30.7 Å². The van der Waals surface area contributed by atoms with Crippen LogP contribution < -0.4 is 0 Å². The van der Waals surface area contributed by atoms with E-state index in [1.165, 1.54) is 43.6 Å². The fraction of sp³-hybridized carbons (Fsp3) is 0.333. The molecule has 2 aromatic heterocycles. The van der Waals surface area contributed by atoms with Gasteiger partial charge in [0.25, 0.3) is 0 Å². The van der Waals surface area contributed by atoms with E-state index >= 15 is 0 Å². The van der Waals surface area contributed by atoms with E-state index in [-0.39, 0.29) is 6.42 Å². The number of carbonyl (C=O) groups is 1. The van der Waals surface area contributed by atoms with Gasteiger partial charge in [-0.15, -0.1) is 11.3 Å². The Bertz CT molecular complexity index is 1340.